The molecule has 1 fully saturated rings. The third-order valence-electron chi connectivity index (χ3n) is 3.93. The predicted octanol–water partition coefficient (Wildman–Crippen LogP) is 1.41. The number of carboxylic acid groups (broad SMARTS) is 1. The van der Waals surface area contributed by atoms with Crippen LogP contribution in [0.5, 0.6) is 0 Å². The summed E-state index contributed by atoms with van der Waals surface area (Å²) in [6, 6.07) is 9.76. The Kier molecular flexibility index (Phi) is 5.33. The van der Waals surface area contributed by atoms with Gasteiger partial charge in [-0.3, -0.25) is 14.5 Å². The van der Waals surface area contributed by atoms with Crippen LogP contribution >= 0.6 is 0 Å². The zero-order chi connectivity index (χ0) is 15.2. The molecule has 0 radical (unpaired) electrons. The van der Waals surface area contributed by atoms with E-state index in [0.29, 0.717) is 19.6 Å². The molecule has 1 heterocycles. The summed E-state index contributed by atoms with van der Waals surface area (Å²) >= 11 is 0. The Labute approximate surface area is 125 Å². The van der Waals surface area contributed by atoms with Crippen molar-refractivity contribution in [2.75, 3.05) is 32.7 Å². The molecule has 0 bridgehead atoms. The lowest BCUT2D eigenvalue weighted by Crippen LogP contribution is -2.38. The third kappa shape index (κ3) is 4.29. The second-order valence-corrected chi connectivity index (χ2v) is 5.48. The second-order valence-electron chi connectivity index (χ2n) is 5.48. The molecule has 1 saturated heterocycles. The lowest BCUT2D eigenvalue weighted by molar-refractivity contribution is -0.138. The normalized spacial score (nSPS) is 18.0. The molecule has 1 atom stereocenters. The predicted molar refractivity (Wildman–Crippen MR) is 80.1 cm³/mol. The van der Waals surface area contributed by atoms with E-state index in [-0.39, 0.29) is 18.4 Å². The average molecular weight is 290 g/mol. The molecule has 0 spiro atoms. The Morgan fingerprint density at radius 1 is 1.14 bits per heavy atom. The van der Waals surface area contributed by atoms with Gasteiger partial charge in [0.2, 0.25) is 5.91 Å². The van der Waals surface area contributed by atoms with Crippen LogP contribution in [0.1, 0.15) is 24.8 Å². The molecule has 0 aliphatic carbocycles. The Morgan fingerprint density at radius 2 is 1.86 bits per heavy atom. The molecule has 1 amide bonds. The number of hydrogen-bond donors (Lipinski definition) is 1. The highest BCUT2D eigenvalue weighted by molar-refractivity contribution is 5.83. The van der Waals surface area contributed by atoms with E-state index in [1.807, 2.05) is 47.1 Å². The van der Waals surface area contributed by atoms with Crippen LogP contribution in [-0.4, -0.2) is 59.5 Å². The molecule has 5 heteroatoms. The third-order valence-corrected chi connectivity index (χ3v) is 3.93. The number of nitrogens with zero attached hydrogens (tertiary/aromatic N) is 2. The Morgan fingerprint density at radius 3 is 2.52 bits per heavy atom. The van der Waals surface area contributed by atoms with Crippen molar-refractivity contribution >= 4 is 11.9 Å². The van der Waals surface area contributed by atoms with Crippen LogP contribution in [0.3, 0.4) is 0 Å². The van der Waals surface area contributed by atoms with Crippen molar-refractivity contribution in [2.45, 2.75) is 19.3 Å². The van der Waals surface area contributed by atoms with Gasteiger partial charge in [0, 0.05) is 26.2 Å². The van der Waals surface area contributed by atoms with Crippen molar-refractivity contribution in [3.8, 4) is 0 Å². The fourth-order valence-electron chi connectivity index (χ4n) is 2.70. The van der Waals surface area contributed by atoms with E-state index < -0.39 is 5.97 Å². The second kappa shape index (κ2) is 7.22. The van der Waals surface area contributed by atoms with Gasteiger partial charge in [-0.25, -0.2) is 0 Å². The van der Waals surface area contributed by atoms with Gasteiger partial charge in [0.25, 0.3) is 0 Å². The van der Waals surface area contributed by atoms with Crippen LogP contribution in [0.15, 0.2) is 30.3 Å². The first kappa shape index (κ1) is 15.5. The van der Waals surface area contributed by atoms with Crippen molar-refractivity contribution in [2.24, 2.45) is 0 Å². The summed E-state index contributed by atoms with van der Waals surface area (Å²) in [4.78, 5) is 27.1. The van der Waals surface area contributed by atoms with Crippen LogP contribution in [0, 0.1) is 0 Å². The topological polar surface area (TPSA) is 60.9 Å². The number of carbonyl (C=O) groups is 2. The lowest BCUT2D eigenvalue weighted by Gasteiger charge is -2.24. The molecule has 5 nitrogen and oxygen atoms in total. The summed E-state index contributed by atoms with van der Waals surface area (Å²) in [7, 11) is 0. The van der Waals surface area contributed by atoms with Crippen molar-refractivity contribution in [1.29, 1.82) is 0 Å². The van der Waals surface area contributed by atoms with Crippen molar-refractivity contribution in [3.63, 3.8) is 0 Å². The molecule has 2 rings (SSSR count). The van der Waals surface area contributed by atoms with E-state index in [1.54, 1.807) is 0 Å². The van der Waals surface area contributed by atoms with Crippen LogP contribution < -0.4 is 0 Å². The van der Waals surface area contributed by atoms with E-state index >= 15 is 0 Å². The monoisotopic (exact) mass is 290 g/mol. The van der Waals surface area contributed by atoms with Crippen LogP contribution in [0.25, 0.3) is 0 Å². The summed E-state index contributed by atoms with van der Waals surface area (Å²) in [6.45, 7) is 4.64. The maximum atomic E-state index is 12.6. The molecule has 1 aliphatic heterocycles. The molecule has 21 heavy (non-hydrogen) atoms. The van der Waals surface area contributed by atoms with Crippen molar-refractivity contribution in [3.05, 3.63) is 35.9 Å². The van der Waals surface area contributed by atoms with Crippen molar-refractivity contribution < 1.29 is 14.7 Å². The van der Waals surface area contributed by atoms with Gasteiger partial charge in [0.1, 0.15) is 0 Å². The number of carboxylic acids is 1. The summed E-state index contributed by atoms with van der Waals surface area (Å²) in [6.07, 6.45) is 0.820. The van der Waals surface area contributed by atoms with E-state index in [1.165, 1.54) is 0 Å². The molecule has 1 unspecified atom stereocenters. The number of hydrogen-bond acceptors (Lipinski definition) is 3. The quantitative estimate of drug-likeness (QED) is 0.911. The number of aliphatic carboxylic acids is 1. The van der Waals surface area contributed by atoms with Crippen LogP contribution in [0.4, 0.5) is 0 Å². The molecular formula is C16H22N2O3. The molecular weight excluding hydrogens is 268 g/mol. The molecule has 1 N–H and O–H groups in total. The molecule has 0 aromatic heterocycles. The number of carbonyl (C=O) groups excluding carboxylic acids is 1. The first-order valence-corrected chi connectivity index (χ1v) is 7.36. The Bertz CT molecular complexity index is 490. The summed E-state index contributed by atoms with van der Waals surface area (Å²) in [5.41, 5.74) is 1.02. The minimum Gasteiger partial charge on any atom is -0.480 e. The van der Waals surface area contributed by atoms with Gasteiger partial charge < -0.3 is 10.0 Å². The minimum absolute atomic E-state index is 0.0519. The summed E-state index contributed by atoms with van der Waals surface area (Å²) < 4.78 is 0. The number of rotatable bonds is 4. The summed E-state index contributed by atoms with van der Waals surface area (Å²) in [5.74, 6) is -0.844. The average Bonchev–Trinajstić information content (AvgIpc) is 2.71. The molecule has 1 aromatic carbocycles. The van der Waals surface area contributed by atoms with E-state index in [2.05, 4.69) is 0 Å². The fraction of sp³-hybridized carbons (Fsp3) is 0.500. The van der Waals surface area contributed by atoms with Gasteiger partial charge in [-0.1, -0.05) is 30.3 Å². The zero-order valence-corrected chi connectivity index (χ0v) is 12.4. The van der Waals surface area contributed by atoms with Gasteiger partial charge in [-0.15, -0.1) is 0 Å². The van der Waals surface area contributed by atoms with Gasteiger partial charge in [-0.05, 0) is 18.9 Å². The van der Waals surface area contributed by atoms with Crippen LogP contribution in [0.2, 0.25) is 0 Å². The van der Waals surface area contributed by atoms with Gasteiger partial charge in [-0.2, -0.15) is 0 Å². The zero-order valence-electron chi connectivity index (χ0n) is 12.4. The highest BCUT2D eigenvalue weighted by Crippen LogP contribution is 2.18. The molecule has 1 aromatic rings. The Balaban J connectivity index is 1.95. The lowest BCUT2D eigenvalue weighted by atomic mass is 10.00. The van der Waals surface area contributed by atoms with E-state index in [4.69, 9.17) is 5.11 Å². The molecule has 1 aliphatic rings. The fourth-order valence-corrected chi connectivity index (χ4v) is 2.70. The van der Waals surface area contributed by atoms with Gasteiger partial charge in [0.15, 0.2) is 0 Å². The summed E-state index contributed by atoms with van der Waals surface area (Å²) in [5, 5.41) is 8.85. The minimum atomic E-state index is -0.813. The number of benzene rings is 1. The highest BCUT2D eigenvalue weighted by Gasteiger charge is 2.24. The first-order chi connectivity index (χ1) is 10.1. The standard InChI is InChI=1S/C16H22N2O3/c1-13(14-6-3-2-4-7-14)16(21)18-9-5-8-17(10-11-18)12-15(19)20/h2-4,6-7,13H,5,8-12H2,1H3,(H,19,20). The Hall–Kier alpha value is -1.88. The first-order valence-electron chi connectivity index (χ1n) is 7.36. The highest BCUT2D eigenvalue weighted by atomic mass is 16.4. The number of amides is 1. The SMILES string of the molecule is CC(C(=O)N1CCCN(CC(=O)O)CC1)c1ccccc1. The maximum Gasteiger partial charge on any atom is 0.317 e. The largest absolute Gasteiger partial charge is 0.480 e. The molecule has 0 saturated carbocycles. The van der Waals surface area contributed by atoms with Gasteiger partial charge >= 0.3 is 5.97 Å². The van der Waals surface area contributed by atoms with E-state index in [0.717, 1.165) is 18.5 Å². The smallest absolute Gasteiger partial charge is 0.317 e. The molecule has 114 valence electrons. The van der Waals surface area contributed by atoms with Gasteiger partial charge in [0.05, 0.1) is 12.5 Å². The maximum absolute atomic E-state index is 12.6. The van der Waals surface area contributed by atoms with Crippen LogP contribution in [-0.2, 0) is 9.59 Å². The van der Waals surface area contributed by atoms with E-state index in [9.17, 15) is 9.59 Å². The van der Waals surface area contributed by atoms with Crippen molar-refractivity contribution in [1.82, 2.24) is 9.80 Å².